The third kappa shape index (κ3) is 3.57. The average molecular weight is 520 g/mol. The lowest BCUT2D eigenvalue weighted by Crippen LogP contribution is -2.68. The number of hydrogen-bond acceptors (Lipinski definition) is 7. The van der Waals surface area contributed by atoms with E-state index in [0.717, 1.165) is 53.3 Å². The van der Waals surface area contributed by atoms with Gasteiger partial charge in [-0.25, -0.2) is 19.2 Å². The number of ether oxygens (including phenoxy) is 1. The fourth-order valence-electron chi connectivity index (χ4n) is 6.33. The van der Waals surface area contributed by atoms with Gasteiger partial charge < -0.3 is 15.4 Å². The zero-order valence-electron chi connectivity index (χ0n) is 21.5. The molecule has 198 valence electrons. The lowest BCUT2D eigenvalue weighted by molar-refractivity contribution is -0.0532. The molecule has 0 saturated heterocycles. The summed E-state index contributed by atoms with van der Waals surface area (Å²) in [6, 6.07) is 1.79. The third-order valence-corrected chi connectivity index (χ3v) is 8.64. The number of aryl methyl sites for hydroxylation is 2. The number of aromatic nitrogens is 7. The normalized spacial score (nSPS) is 27.7. The predicted octanol–water partition coefficient (Wildman–Crippen LogP) is 4.08. The lowest BCUT2D eigenvalue weighted by atomic mass is 9.50. The average Bonchev–Trinajstić information content (AvgIpc) is 3.62. The van der Waals surface area contributed by atoms with Crippen LogP contribution in [0.2, 0.25) is 0 Å². The smallest absolute Gasteiger partial charge is 0.407 e. The number of fused-ring (bicyclic) bond motifs is 1. The van der Waals surface area contributed by atoms with Gasteiger partial charge in [0.2, 0.25) is 5.95 Å². The Balaban J connectivity index is 1.07. The summed E-state index contributed by atoms with van der Waals surface area (Å²) in [6.45, 7) is 3.95. The van der Waals surface area contributed by atoms with Crippen molar-refractivity contribution < 1.29 is 13.9 Å². The predicted molar refractivity (Wildman–Crippen MR) is 137 cm³/mol. The number of alkyl carbamates (subject to hydrolysis) is 1. The van der Waals surface area contributed by atoms with Gasteiger partial charge in [-0.15, -0.1) is 0 Å². The molecule has 2 bridgehead atoms. The maximum atomic E-state index is 15.3. The first-order valence-electron chi connectivity index (χ1n) is 13.1. The Hall–Kier alpha value is -3.96. The molecule has 0 spiro atoms. The minimum atomic E-state index is -1.30. The molecule has 3 atom stereocenters. The second-order valence-corrected chi connectivity index (χ2v) is 11.1. The van der Waals surface area contributed by atoms with Gasteiger partial charge in [-0.1, -0.05) is 0 Å². The Labute approximate surface area is 218 Å². The number of nitrogens with one attached hydrogen (secondary N) is 3. The van der Waals surface area contributed by atoms with E-state index in [4.69, 9.17) is 9.72 Å². The van der Waals surface area contributed by atoms with Crippen molar-refractivity contribution in [3.05, 3.63) is 41.7 Å². The molecule has 4 saturated carbocycles. The lowest BCUT2D eigenvalue weighted by Gasteiger charge is -2.61. The number of hydrogen-bond donors (Lipinski definition) is 3. The van der Waals surface area contributed by atoms with E-state index in [9.17, 15) is 4.79 Å². The van der Waals surface area contributed by atoms with E-state index in [2.05, 4.69) is 30.9 Å². The van der Waals surface area contributed by atoms with Gasteiger partial charge in [0.25, 0.3) is 0 Å². The van der Waals surface area contributed by atoms with Crippen LogP contribution in [0.15, 0.2) is 24.7 Å². The van der Waals surface area contributed by atoms with Crippen LogP contribution in [0.1, 0.15) is 55.1 Å². The summed E-state index contributed by atoms with van der Waals surface area (Å²) in [4.78, 5) is 21.7. The number of aromatic amines is 1. The molecule has 0 aromatic carbocycles. The molecule has 4 heterocycles. The van der Waals surface area contributed by atoms with Crippen LogP contribution in [0.3, 0.4) is 0 Å². The number of H-pyrrole nitrogens is 1. The van der Waals surface area contributed by atoms with E-state index >= 15 is 4.39 Å². The highest BCUT2D eigenvalue weighted by Crippen LogP contribution is 2.57. The Morgan fingerprint density at radius 1 is 1.26 bits per heavy atom. The van der Waals surface area contributed by atoms with E-state index in [1.165, 1.54) is 0 Å². The number of halogens is 1. The Morgan fingerprint density at radius 3 is 2.79 bits per heavy atom. The van der Waals surface area contributed by atoms with Crippen molar-refractivity contribution >= 4 is 23.5 Å². The molecule has 4 aliphatic rings. The molecule has 4 aliphatic carbocycles. The number of imidazole rings is 1. The third-order valence-electron chi connectivity index (χ3n) is 8.64. The zero-order chi connectivity index (χ0) is 26.2. The van der Waals surface area contributed by atoms with Gasteiger partial charge in [-0.3, -0.25) is 14.2 Å². The van der Waals surface area contributed by atoms with Crippen molar-refractivity contribution in [3.63, 3.8) is 0 Å². The maximum absolute atomic E-state index is 15.3. The SMILES string of the molecule is Cc1nc(Nc2cc([C@@H]3CC[C@H](OC(=O)NC45CC(C4)C5)[C@H]3F)[nH]n2)n2ccnc2c1-c1cnn(C)c1C. The van der Waals surface area contributed by atoms with Crippen molar-refractivity contribution in [2.24, 2.45) is 13.0 Å². The van der Waals surface area contributed by atoms with Crippen LogP contribution >= 0.6 is 0 Å². The monoisotopic (exact) mass is 519 g/mol. The van der Waals surface area contributed by atoms with Gasteiger partial charge in [0.15, 0.2) is 5.82 Å². The Kier molecular flexibility index (Phi) is 5.04. The molecular formula is C26H30FN9O2. The van der Waals surface area contributed by atoms with Gasteiger partial charge >= 0.3 is 6.09 Å². The van der Waals surface area contributed by atoms with Crippen LogP contribution < -0.4 is 10.6 Å². The highest BCUT2D eigenvalue weighted by Gasteiger charge is 2.58. The van der Waals surface area contributed by atoms with Crippen LogP contribution in [0.4, 0.5) is 21.0 Å². The molecule has 1 amide bonds. The number of carbonyl (C=O) groups is 1. The quantitative estimate of drug-likeness (QED) is 0.350. The van der Waals surface area contributed by atoms with Crippen LogP contribution in [0.5, 0.6) is 0 Å². The van der Waals surface area contributed by atoms with Gasteiger partial charge in [0.1, 0.15) is 17.9 Å². The molecule has 4 aromatic rings. The molecule has 4 aromatic heterocycles. The fraction of sp³-hybridized carbons (Fsp3) is 0.500. The minimum Gasteiger partial charge on any atom is -0.443 e. The molecule has 0 aliphatic heterocycles. The molecular weight excluding hydrogens is 489 g/mol. The van der Waals surface area contributed by atoms with E-state index in [1.54, 1.807) is 12.3 Å². The highest BCUT2D eigenvalue weighted by atomic mass is 19.1. The number of alkyl halides is 1. The van der Waals surface area contributed by atoms with Crippen molar-refractivity contribution in [3.8, 4) is 11.1 Å². The first kappa shape index (κ1) is 23.2. The molecule has 11 nitrogen and oxygen atoms in total. The Bertz CT molecular complexity index is 1540. The molecule has 4 fully saturated rings. The van der Waals surface area contributed by atoms with Gasteiger partial charge in [-0.2, -0.15) is 10.2 Å². The highest BCUT2D eigenvalue weighted by molar-refractivity contribution is 5.82. The maximum Gasteiger partial charge on any atom is 0.407 e. The largest absolute Gasteiger partial charge is 0.443 e. The van der Waals surface area contributed by atoms with E-state index in [0.29, 0.717) is 30.3 Å². The summed E-state index contributed by atoms with van der Waals surface area (Å²) in [5.41, 5.74) is 5.05. The Morgan fingerprint density at radius 2 is 2.08 bits per heavy atom. The summed E-state index contributed by atoms with van der Waals surface area (Å²) in [7, 11) is 1.90. The summed E-state index contributed by atoms with van der Waals surface area (Å²) in [5, 5.41) is 17.9. The topological polar surface area (TPSA) is 127 Å². The van der Waals surface area contributed by atoms with Crippen molar-refractivity contribution in [2.45, 2.75) is 69.7 Å². The molecule has 8 rings (SSSR count). The van der Waals surface area contributed by atoms with Gasteiger partial charge in [0, 0.05) is 59.5 Å². The molecule has 3 N–H and O–H groups in total. The van der Waals surface area contributed by atoms with Gasteiger partial charge in [0.05, 0.1) is 11.9 Å². The van der Waals surface area contributed by atoms with Crippen LogP contribution in [0, 0.1) is 19.8 Å². The van der Waals surface area contributed by atoms with Crippen LogP contribution in [-0.2, 0) is 11.8 Å². The molecule has 0 unspecified atom stereocenters. The standard InChI is InChI=1S/C26H30FN9O2/c1-13-21(17-12-29-35(3)14(17)2)23-28-6-7-36(23)24(30-13)31-20-8-18(33-34-20)16-4-5-19(22(16)27)38-25(37)32-26-9-15(10-26)11-26/h6-8,12,15-16,19,22H,4-5,9-11H2,1-3H3,(H,32,37)(H2,30,31,33,34)/t15?,16-,19-,22-,26?/m0/s1. The van der Waals surface area contributed by atoms with Crippen LogP contribution in [-0.4, -0.2) is 58.3 Å². The number of rotatable bonds is 6. The second-order valence-electron chi connectivity index (χ2n) is 11.1. The van der Waals surface area contributed by atoms with Gasteiger partial charge in [-0.05, 0) is 51.9 Å². The van der Waals surface area contributed by atoms with Crippen molar-refractivity contribution in [2.75, 3.05) is 5.32 Å². The van der Waals surface area contributed by atoms with E-state index < -0.39 is 24.3 Å². The summed E-state index contributed by atoms with van der Waals surface area (Å²) < 4.78 is 24.5. The fourth-order valence-corrected chi connectivity index (χ4v) is 6.33. The first-order valence-corrected chi connectivity index (χ1v) is 13.1. The summed E-state index contributed by atoms with van der Waals surface area (Å²) in [5.74, 6) is 1.39. The van der Waals surface area contributed by atoms with E-state index in [1.807, 2.05) is 42.4 Å². The minimum absolute atomic E-state index is 0.0857. The second kappa shape index (κ2) is 8.27. The summed E-state index contributed by atoms with van der Waals surface area (Å²) in [6.07, 6.45) is 6.92. The summed E-state index contributed by atoms with van der Waals surface area (Å²) >= 11 is 0. The van der Waals surface area contributed by atoms with Crippen LogP contribution in [0.25, 0.3) is 16.8 Å². The zero-order valence-corrected chi connectivity index (χ0v) is 21.5. The van der Waals surface area contributed by atoms with Crippen molar-refractivity contribution in [1.82, 2.24) is 39.7 Å². The van der Waals surface area contributed by atoms with Crippen molar-refractivity contribution in [1.29, 1.82) is 0 Å². The molecule has 12 heteroatoms. The number of anilines is 2. The number of amides is 1. The number of carbonyl (C=O) groups excluding carboxylic acids is 1. The van der Waals surface area contributed by atoms with E-state index in [-0.39, 0.29) is 5.54 Å². The first-order chi connectivity index (χ1) is 18.3. The molecule has 38 heavy (non-hydrogen) atoms. The number of nitrogens with zero attached hydrogens (tertiary/aromatic N) is 6. The molecule has 0 radical (unpaired) electrons.